The van der Waals surface area contributed by atoms with Crippen molar-refractivity contribution < 1.29 is 4.92 Å². The third-order valence-electron chi connectivity index (χ3n) is 2.73. The fraction of sp³-hybridized carbons (Fsp3) is 0.182. The Kier molecular flexibility index (Phi) is 3.24. The van der Waals surface area contributed by atoms with Crippen molar-refractivity contribution in [3.05, 3.63) is 52.1 Å². The molecular formula is C11H13N5O2. The molecule has 0 saturated carbocycles. The van der Waals surface area contributed by atoms with E-state index in [1.165, 1.54) is 6.07 Å². The Labute approximate surface area is 103 Å². The Hall–Kier alpha value is -2.41. The molecule has 1 aromatic carbocycles. The number of nitro benzene ring substituents is 1. The van der Waals surface area contributed by atoms with E-state index in [2.05, 4.69) is 10.4 Å². The zero-order valence-corrected chi connectivity index (χ0v) is 9.83. The van der Waals surface area contributed by atoms with Crippen LogP contribution < -0.4 is 11.3 Å². The molecule has 7 heteroatoms. The predicted octanol–water partition coefficient (Wildman–Crippen LogP) is 1.43. The van der Waals surface area contributed by atoms with Crippen LogP contribution in [0.1, 0.15) is 11.4 Å². The van der Waals surface area contributed by atoms with Gasteiger partial charge < -0.3 is 9.99 Å². The van der Waals surface area contributed by atoms with Crippen molar-refractivity contribution in [3.8, 4) is 0 Å². The molecule has 0 aliphatic heterocycles. The summed E-state index contributed by atoms with van der Waals surface area (Å²) in [5, 5.41) is 10.9. The molecule has 2 aromatic rings. The second-order valence-electron chi connectivity index (χ2n) is 3.82. The van der Waals surface area contributed by atoms with Crippen LogP contribution in [0.15, 0.2) is 30.6 Å². The van der Waals surface area contributed by atoms with Gasteiger partial charge in [0.1, 0.15) is 11.5 Å². The van der Waals surface area contributed by atoms with Crippen LogP contribution in [0.2, 0.25) is 0 Å². The maximum atomic E-state index is 10.9. The maximum Gasteiger partial charge on any atom is 0.293 e. The number of benzene rings is 1. The largest absolute Gasteiger partial charge is 0.331 e. The molecule has 0 radical (unpaired) electrons. The summed E-state index contributed by atoms with van der Waals surface area (Å²) in [6.07, 6.45) is 3.50. The van der Waals surface area contributed by atoms with Crippen molar-refractivity contribution in [1.82, 2.24) is 9.55 Å². The van der Waals surface area contributed by atoms with E-state index in [9.17, 15) is 10.1 Å². The number of aromatic nitrogens is 2. The van der Waals surface area contributed by atoms with Crippen molar-refractivity contribution in [1.29, 1.82) is 0 Å². The number of nitrogens with one attached hydrogen (secondary N) is 1. The molecule has 3 N–H and O–H groups in total. The van der Waals surface area contributed by atoms with Gasteiger partial charge in [0.25, 0.3) is 5.69 Å². The number of aryl methyl sites for hydroxylation is 1. The standard InChI is InChI=1S/C11H13N5O2/c1-8-13-5-6-15(8)7-9-3-2-4-10(16(17)18)11(9)14-12/h2-6,14H,7,12H2,1H3. The lowest BCUT2D eigenvalue weighted by molar-refractivity contribution is -0.384. The van der Waals surface area contributed by atoms with E-state index >= 15 is 0 Å². The van der Waals surface area contributed by atoms with Crippen LogP contribution in [0, 0.1) is 17.0 Å². The van der Waals surface area contributed by atoms with Crippen LogP contribution in [0.3, 0.4) is 0 Å². The van der Waals surface area contributed by atoms with Crippen LogP contribution in [-0.4, -0.2) is 14.5 Å². The van der Waals surface area contributed by atoms with Gasteiger partial charge in [-0.3, -0.25) is 16.0 Å². The maximum absolute atomic E-state index is 10.9. The summed E-state index contributed by atoms with van der Waals surface area (Å²) < 4.78 is 1.89. The normalized spacial score (nSPS) is 10.3. The van der Waals surface area contributed by atoms with Crippen molar-refractivity contribution in [2.45, 2.75) is 13.5 Å². The molecule has 0 amide bonds. The second-order valence-corrected chi connectivity index (χ2v) is 3.82. The first-order valence-electron chi connectivity index (χ1n) is 5.34. The molecule has 0 aliphatic carbocycles. The Morgan fingerprint density at radius 2 is 2.33 bits per heavy atom. The molecule has 0 spiro atoms. The molecule has 1 heterocycles. The number of para-hydroxylation sites is 1. The molecule has 18 heavy (non-hydrogen) atoms. The summed E-state index contributed by atoms with van der Waals surface area (Å²) in [4.78, 5) is 14.5. The lowest BCUT2D eigenvalue weighted by Gasteiger charge is -2.10. The van der Waals surface area contributed by atoms with Crippen molar-refractivity contribution in [2.75, 3.05) is 5.43 Å². The average Bonchev–Trinajstić information content (AvgIpc) is 2.74. The molecule has 1 aromatic heterocycles. The molecule has 7 nitrogen and oxygen atoms in total. The van der Waals surface area contributed by atoms with Gasteiger partial charge in [0.15, 0.2) is 0 Å². The Morgan fingerprint density at radius 3 is 2.89 bits per heavy atom. The number of anilines is 1. The molecule has 2 rings (SSSR count). The van der Waals surface area contributed by atoms with Gasteiger partial charge in [-0.25, -0.2) is 4.98 Å². The molecule has 0 atom stereocenters. The van der Waals surface area contributed by atoms with E-state index in [1.54, 1.807) is 18.3 Å². The third-order valence-corrected chi connectivity index (χ3v) is 2.73. The summed E-state index contributed by atoms with van der Waals surface area (Å²) in [7, 11) is 0. The molecule has 0 aliphatic rings. The lowest BCUT2D eigenvalue weighted by Crippen LogP contribution is -2.13. The SMILES string of the molecule is Cc1nccn1Cc1cccc([N+](=O)[O-])c1NN. The number of hydrogen-bond acceptors (Lipinski definition) is 5. The topological polar surface area (TPSA) is 99.0 Å². The predicted molar refractivity (Wildman–Crippen MR) is 67.0 cm³/mol. The molecule has 94 valence electrons. The number of hydrogen-bond donors (Lipinski definition) is 2. The Morgan fingerprint density at radius 1 is 1.56 bits per heavy atom. The van der Waals surface area contributed by atoms with Crippen LogP contribution in [-0.2, 0) is 6.54 Å². The Balaban J connectivity index is 2.42. The summed E-state index contributed by atoms with van der Waals surface area (Å²) in [5.41, 5.74) is 3.44. The van der Waals surface area contributed by atoms with Gasteiger partial charge in [0.05, 0.1) is 11.5 Å². The van der Waals surface area contributed by atoms with Gasteiger partial charge in [0.2, 0.25) is 0 Å². The minimum absolute atomic E-state index is 0.0345. The molecule has 0 saturated heterocycles. The number of imidazole rings is 1. The Bertz CT molecular complexity index is 579. The van der Waals surface area contributed by atoms with Crippen LogP contribution in [0.25, 0.3) is 0 Å². The minimum atomic E-state index is -0.459. The summed E-state index contributed by atoms with van der Waals surface area (Å²) >= 11 is 0. The van der Waals surface area contributed by atoms with Gasteiger partial charge in [-0.2, -0.15) is 0 Å². The summed E-state index contributed by atoms with van der Waals surface area (Å²) in [5.74, 6) is 6.21. The zero-order chi connectivity index (χ0) is 13.1. The van der Waals surface area contributed by atoms with Gasteiger partial charge in [-0.1, -0.05) is 12.1 Å². The molecule has 0 fully saturated rings. The van der Waals surface area contributed by atoms with Crippen LogP contribution >= 0.6 is 0 Å². The minimum Gasteiger partial charge on any atom is -0.331 e. The quantitative estimate of drug-likeness (QED) is 0.483. The monoisotopic (exact) mass is 247 g/mol. The van der Waals surface area contributed by atoms with E-state index in [-0.39, 0.29) is 5.69 Å². The van der Waals surface area contributed by atoms with Gasteiger partial charge in [0, 0.05) is 24.0 Å². The fourth-order valence-electron chi connectivity index (χ4n) is 1.79. The summed E-state index contributed by atoms with van der Waals surface area (Å²) in [6, 6.07) is 4.85. The van der Waals surface area contributed by atoms with Gasteiger partial charge in [-0.15, -0.1) is 0 Å². The molecule has 0 bridgehead atoms. The van der Waals surface area contributed by atoms with Gasteiger partial charge in [-0.05, 0) is 6.92 Å². The number of hydrazine groups is 1. The highest BCUT2D eigenvalue weighted by Crippen LogP contribution is 2.28. The smallest absolute Gasteiger partial charge is 0.293 e. The van der Waals surface area contributed by atoms with E-state index in [0.717, 1.165) is 11.4 Å². The highest BCUT2D eigenvalue weighted by molar-refractivity contribution is 5.65. The number of rotatable bonds is 4. The van der Waals surface area contributed by atoms with Crippen LogP contribution in [0.4, 0.5) is 11.4 Å². The number of nitrogens with two attached hydrogens (primary N) is 1. The number of nitro groups is 1. The van der Waals surface area contributed by atoms with Gasteiger partial charge >= 0.3 is 0 Å². The van der Waals surface area contributed by atoms with Crippen molar-refractivity contribution >= 4 is 11.4 Å². The third kappa shape index (κ3) is 2.16. The first kappa shape index (κ1) is 12.1. The first-order chi connectivity index (χ1) is 8.63. The fourth-order valence-corrected chi connectivity index (χ4v) is 1.79. The first-order valence-corrected chi connectivity index (χ1v) is 5.34. The molecular weight excluding hydrogens is 234 g/mol. The van der Waals surface area contributed by atoms with E-state index in [1.807, 2.05) is 17.7 Å². The van der Waals surface area contributed by atoms with Crippen LogP contribution in [0.5, 0.6) is 0 Å². The zero-order valence-electron chi connectivity index (χ0n) is 9.83. The van der Waals surface area contributed by atoms with Crippen molar-refractivity contribution in [3.63, 3.8) is 0 Å². The average molecular weight is 247 g/mol. The van der Waals surface area contributed by atoms with Crippen molar-refractivity contribution in [2.24, 2.45) is 5.84 Å². The van der Waals surface area contributed by atoms with E-state index in [0.29, 0.717) is 12.2 Å². The lowest BCUT2D eigenvalue weighted by atomic mass is 10.1. The summed E-state index contributed by atoms with van der Waals surface area (Å²) in [6.45, 7) is 2.35. The van der Waals surface area contributed by atoms with E-state index < -0.39 is 4.92 Å². The highest BCUT2D eigenvalue weighted by Gasteiger charge is 2.16. The van der Waals surface area contributed by atoms with E-state index in [4.69, 9.17) is 5.84 Å². The molecule has 0 unspecified atom stereocenters. The highest BCUT2D eigenvalue weighted by atomic mass is 16.6. The second kappa shape index (κ2) is 4.84. The number of nitrogens with zero attached hydrogens (tertiary/aromatic N) is 3. The number of nitrogen functional groups attached to an aromatic ring is 1.